The number of carbonyl (C=O) groups excluding carboxylic acids is 1. The number of hydrogen-bond acceptors (Lipinski definition) is 5. The second kappa shape index (κ2) is 8.87. The van der Waals surface area contributed by atoms with E-state index < -0.39 is 0 Å². The second-order valence-electron chi connectivity index (χ2n) is 7.05. The van der Waals surface area contributed by atoms with Crippen LogP contribution in [0.1, 0.15) is 28.5 Å². The van der Waals surface area contributed by atoms with Gasteiger partial charge in [0, 0.05) is 69.3 Å². The lowest BCUT2D eigenvalue weighted by molar-refractivity contribution is 0.0940. The number of amides is 1. The average Bonchev–Trinajstić information content (AvgIpc) is 2.65. The molecule has 0 unspecified atom stereocenters. The maximum atomic E-state index is 12.4. The van der Waals surface area contributed by atoms with Crippen LogP contribution in [-0.4, -0.2) is 64.9 Å². The van der Waals surface area contributed by atoms with Crippen LogP contribution in [-0.2, 0) is 13.0 Å². The summed E-state index contributed by atoms with van der Waals surface area (Å²) in [6, 6.07) is 7.94. The first-order valence-corrected chi connectivity index (χ1v) is 9.16. The van der Waals surface area contributed by atoms with Crippen molar-refractivity contribution in [1.82, 2.24) is 25.1 Å². The van der Waals surface area contributed by atoms with Crippen LogP contribution in [0.3, 0.4) is 0 Å². The molecule has 1 amide bonds. The van der Waals surface area contributed by atoms with Crippen molar-refractivity contribution in [3.8, 4) is 0 Å². The monoisotopic (exact) mass is 353 g/mol. The van der Waals surface area contributed by atoms with E-state index in [4.69, 9.17) is 0 Å². The van der Waals surface area contributed by atoms with Crippen molar-refractivity contribution >= 4 is 5.91 Å². The summed E-state index contributed by atoms with van der Waals surface area (Å²) in [6.07, 6.45) is 5.72. The predicted octanol–water partition coefficient (Wildman–Crippen LogP) is 1.58. The Labute approximate surface area is 155 Å². The molecule has 2 heterocycles. The zero-order valence-corrected chi connectivity index (χ0v) is 15.6. The van der Waals surface area contributed by atoms with Crippen LogP contribution in [0.25, 0.3) is 0 Å². The van der Waals surface area contributed by atoms with Crippen LogP contribution >= 0.6 is 0 Å². The van der Waals surface area contributed by atoms with E-state index in [0.717, 1.165) is 38.4 Å². The molecule has 0 aliphatic carbocycles. The van der Waals surface area contributed by atoms with Crippen molar-refractivity contribution in [3.63, 3.8) is 0 Å². The maximum absolute atomic E-state index is 12.4. The lowest BCUT2D eigenvalue weighted by atomic mass is 10.1. The topological polar surface area (TPSA) is 61.4 Å². The molecule has 138 valence electrons. The predicted molar refractivity (Wildman–Crippen MR) is 102 cm³/mol. The molecule has 0 spiro atoms. The summed E-state index contributed by atoms with van der Waals surface area (Å²) in [5.74, 6) is -0.0486. The Bertz CT molecular complexity index is 696. The zero-order valence-electron chi connectivity index (χ0n) is 15.6. The standard InChI is InChI=1S/C20H27N5O/c1-16(13-19-14-21-7-8-22-19)23-20(26)18-5-3-17(4-6-18)15-25-11-9-24(2)10-12-25/h3-8,14,16H,9-13,15H2,1-2H3,(H,23,26)/t16-/m1/s1. The van der Waals surface area contributed by atoms with Crippen LogP contribution in [0.4, 0.5) is 0 Å². The number of nitrogens with one attached hydrogen (secondary N) is 1. The number of rotatable bonds is 6. The van der Waals surface area contributed by atoms with E-state index in [-0.39, 0.29) is 11.9 Å². The summed E-state index contributed by atoms with van der Waals surface area (Å²) in [6.45, 7) is 7.35. The van der Waals surface area contributed by atoms with Gasteiger partial charge < -0.3 is 10.2 Å². The van der Waals surface area contributed by atoms with Gasteiger partial charge in [-0.25, -0.2) is 0 Å². The lowest BCUT2D eigenvalue weighted by Gasteiger charge is -2.32. The largest absolute Gasteiger partial charge is 0.349 e. The Kier molecular flexibility index (Phi) is 6.30. The van der Waals surface area contributed by atoms with Gasteiger partial charge in [0.2, 0.25) is 0 Å². The number of carbonyl (C=O) groups is 1. The minimum absolute atomic E-state index is 0.00390. The van der Waals surface area contributed by atoms with E-state index in [1.807, 2.05) is 19.1 Å². The molecule has 6 nitrogen and oxygen atoms in total. The fraction of sp³-hybridized carbons (Fsp3) is 0.450. The molecule has 1 N–H and O–H groups in total. The number of likely N-dealkylation sites (N-methyl/N-ethyl adjacent to an activating group) is 1. The van der Waals surface area contributed by atoms with Gasteiger partial charge in [0.05, 0.1) is 5.69 Å². The van der Waals surface area contributed by atoms with Crippen LogP contribution < -0.4 is 5.32 Å². The molecular weight excluding hydrogens is 326 g/mol. The molecule has 1 aromatic heterocycles. The van der Waals surface area contributed by atoms with Gasteiger partial charge in [0.1, 0.15) is 0 Å². The van der Waals surface area contributed by atoms with Gasteiger partial charge in [0.25, 0.3) is 5.91 Å². The SMILES string of the molecule is C[C@H](Cc1cnccn1)NC(=O)c1ccc(CN2CCN(C)CC2)cc1. The Morgan fingerprint density at radius 1 is 1.15 bits per heavy atom. The molecule has 1 aliphatic rings. The Hall–Kier alpha value is -2.31. The molecule has 0 radical (unpaired) electrons. The van der Waals surface area contributed by atoms with E-state index in [1.54, 1.807) is 18.6 Å². The molecule has 1 saturated heterocycles. The average molecular weight is 353 g/mol. The summed E-state index contributed by atoms with van der Waals surface area (Å²) >= 11 is 0. The molecule has 3 rings (SSSR count). The molecule has 26 heavy (non-hydrogen) atoms. The Morgan fingerprint density at radius 3 is 2.54 bits per heavy atom. The van der Waals surface area contributed by atoms with Crippen molar-refractivity contribution in [3.05, 3.63) is 59.7 Å². The zero-order chi connectivity index (χ0) is 18.4. The molecule has 1 fully saturated rings. The first kappa shape index (κ1) is 18.5. The summed E-state index contributed by atoms with van der Waals surface area (Å²) in [4.78, 5) is 25.5. The number of aromatic nitrogens is 2. The quantitative estimate of drug-likeness (QED) is 0.854. The van der Waals surface area contributed by atoms with Crippen molar-refractivity contribution < 1.29 is 4.79 Å². The minimum atomic E-state index is -0.0486. The molecule has 1 atom stereocenters. The van der Waals surface area contributed by atoms with Crippen LogP contribution in [0.2, 0.25) is 0 Å². The molecular formula is C20H27N5O. The first-order chi connectivity index (χ1) is 12.6. The van der Waals surface area contributed by atoms with E-state index in [2.05, 4.69) is 44.3 Å². The van der Waals surface area contributed by atoms with Gasteiger partial charge in [-0.05, 0) is 31.7 Å². The van der Waals surface area contributed by atoms with Crippen LogP contribution in [0, 0.1) is 0 Å². The number of hydrogen-bond donors (Lipinski definition) is 1. The third kappa shape index (κ3) is 5.34. The maximum Gasteiger partial charge on any atom is 0.251 e. The molecule has 0 saturated carbocycles. The summed E-state index contributed by atoms with van der Waals surface area (Å²) in [5, 5.41) is 3.03. The van der Waals surface area contributed by atoms with Gasteiger partial charge in [0.15, 0.2) is 0 Å². The first-order valence-electron chi connectivity index (χ1n) is 9.16. The number of nitrogens with zero attached hydrogens (tertiary/aromatic N) is 4. The molecule has 6 heteroatoms. The molecule has 2 aromatic rings. The second-order valence-corrected chi connectivity index (χ2v) is 7.05. The van der Waals surface area contributed by atoms with Crippen molar-refractivity contribution in [1.29, 1.82) is 0 Å². The Balaban J connectivity index is 1.50. The summed E-state index contributed by atoms with van der Waals surface area (Å²) in [5.41, 5.74) is 2.82. The fourth-order valence-corrected chi connectivity index (χ4v) is 3.13. The highest BCUT2D eigenvalue weighted by Gasteiger charge is 2.15. The minimum Gasteiger partial charge on any atom is -0.349 e. The van der Waals surface area contributed by atoms with Gasteiger partial charge in [-0.3, -0.25) is 19.7 Å². The van der Waals surface area contributed by atoms with Gasteiger partial charge in [-0.1, -0.05) is 12.1 Å². The van der Waals surface area contributed by atoms with E-state index >= 15 is 0 Å². The van der Waals surface area contributed by atoms with E-state index in [9.17, 15) is 4.79 Å². The molecule has 1 aromatic carbocycles. The smallest absolute Gasteiger partial charge is 0.251 e. The third-order valence-corrected chi connectivity index (χ3v) is 4.73. The Morgan fingerprint density at radius 2 is 1.88 bits per heavy atom. The summed E-state index contributed by atoms with van der Waals surface area (Å²) in [7, 11) is 2.16. The van der Waals surface area contributed by atoms with E-state index in [0.29, 0.717) is 12.0 Å². The van der Waals surface area contributed by atoms with Crippen LogP contribution in [0.5, 0.6) is 0 Å². The van der Waals surface area contributed by atoms with Crippen molar-refractivity contribution in [2.24, 2.45) is 0 Å². The molecule has 1 aliphatic heterocycles. The normalized spacial score (nSPS) is 17.0. The fourth-order valence-electron chi connectivity index (χ4n) is 3.13. The summed E-state index contributed by atoms with van der Waals surface area (Å²) < 4.78 is 0. The highest BCUT2D eigenvalue weighted by Crippen LogP contribution is 2.10. The van der Waals surface area contributed by atoms with Crippen LogP contribution in [0.15, 0.2) is 42.9 Å². The number of benzene rings is 1. The third-order valence-electron chi connectivity index (χ3n) is 4.73. The van der Waals surface area contributed by atoms with E-state index in [1.165, 1.54) is 5.56 Å². The number of piperazine rings is 1. The van der Waals surface area contributed by atoms with Gasteiger partial charge in [-0.15, -0.1) is 0 Å². The van der Waals surface area contributed by atoms with Crippen molar-refractivity contribution in [2.45, 2.75) is 25.9 Å². The highest BCUT2D eigenvalue weighted by atomic mass is 16.1. The van der Waals surface area contributed by atoms with Gasteiger partial charge in [-0.2, -0.15) is 0 Å². The highest BCUT2D eigenvalue weighted by molar-refractivity contribution is 5.94. The van der Waals surface area contributed by atoms with Gasteiger partial charge >= 0.3 is 0 Å². The van der Waals surface area contributed by atoms with Crippen molar-refractivity contribution in [2.75, 3.05) is 33.2 Å². The molecule has 0 bridgehead atoms. The lowest BCUT2D eigenvalue weighted by Crippen LogP contribution is -2.43.